The second-order valence-corrected chi connectivity index (χ2v) is 8.26. The van der Waals surface area contributed by atoms with Gasteiger partial charge in [0, 0.05) is 22.1 Å². The summed E-state index contributed by atoms with van der Waals surface area (Å²) in [6.45, 7) is 2.56. The average Bonchev–Trinajstić information content (AvgIpc) is 2.76. The van der Waals surface area contributed by atoms with Crippen molar-refractivity contribution in [2.24, 2.45) is 5.92 Å². The zero-order valence-electron chi connectivity index (χ0n) is 16.6. The minimum absolute atomic E-state index is 0.0102. The molecule has 1 aromatic heterocycles. The second kappa shape index (κ2) is 9.11. The van der Waals surface area contributed by atoms with Crippen LogP contribution in [-0.4, -0.2) is 30.3 Å². The normalized spacial score (nSPS) is 15.5. The lowest BCUT2D eigenvalue weighted by Gasteiger charge is -2.31. The number of likely N-dealkylation sites (tertiary alicyclic amines) is 1. The number of Topliss-reactive ketones (excluding diaryl/α,β-unsaturated/α-hetero) is 1. The third-order valence-electron chi connectivity index (χ3n) is 5.81. The zero-order valence-corrected chi connectivity index (χ0v) is 17.3. The molecule has 0 atom stereocenters. The highest BCUT2D eigenvalue weighted by Gasteiger charge is 2.25. The van der Waals surface area contributed by atoms with Crippen LogP contribution < -0.4 is 5.43 Å². The molecular weight excluding hydrogens is 405 g/mol. The topological polar surface area (TPSA) is 50.5 Å². The van der Waals surface area contributed by atoms with E-state index in [1.807, 2.05) is 0 Å². The summed E-state index contributed by atoms with van der Waals surface area (Å²) < 4.78 is 18.6. The van der Waals surface area contributed by atoms with Gasteiger partial charge in [-0.1, -0.05) is 11.6 Å². The van der Waals surface area contributed by atoms with Gasteiger partial charge in [-0.3, -0.25) is 9.59 Å². The van der Waals surface area contributed by atoms with Crippen molar-refractivity contribution in [2.45, 2.75) is 25.7 Å². The summed E-state index contributed by atoms with van der Waals surface area (Å²) in [5.74, 6) is -0.240. The summed E-state index contributed by atoms with van der Waals surface area (Å²) in [7, 11) is 0. The maximum absolute atomic E-state index is 13.1. The number of nitrogens with zero attached hydrogens (tertiary/aromatic N) is 1. The molecule has 6 heteroatoms. The lowest BCUT2D eigenvalue weighted by molar-refractivity contribution is 0.0839. The van der Waals surface area contributed by atoms with Crippen molar-refractivity contribution in [2.75, 3.05) is 19.6 Å². The zero-order chi connectivity index (χ0) is 21.1. The lowest BCUT2D eigenvalue weighted by atomic mass is 9.89. The Morgan fingerprint density at radius 2 is 1.87 bits per heavy atom. The van der Waals surface area contributed by atoms with Gasteiger partial charge in [-0.05, 0) is 87.8 Å². The molecule has 0 radical (unpaired) electrons. The first kappa shape index (κ1) is 20.8. The molecule has 156 valence electrons. The third-order valence-corrected chi connectivity index (χ3v) is 6.05. The van der Waals surface area contributed by atoms with E-state index in [-0.39, 0.29) is 22.9 Å². The molecule has 0 spiro atoms. The van der Waals surface area contributed by atoms with Crippen LogP contribution in [0.1, 0.15) is 35.2 Å². The molecule has 1 aliphatic rings. The quantitative estimate of drug-likeness (QED) is 0.513. The number of ketones is 1. The fraction of sp³-hybridized carbons (Fsp3) is 0.333. The van der Waals surface area contributed by atoms with Crippen molar-refractivity contribution in [3.05, 3.63) is 80.9 Å². The van der Waals surface area contributed by atoms with Gasteiger partial charge in [0.1, 0.15) is 11.4 Å². The summed E-state index contributed by atoms with van der Waals surface area (Å²) in [6.07, 6.45) is 4.62. The largest absolute Gasteiger partial charge is 0.464 e. The summed E-state index contributed by atoms with van der Waals surface area (Å²) in [4.78, 5) is 27.6. The molecule has 4 nitrogen and oxygen atoms in total. The standard InChI is InChI=1S/C24H23ClFNO3/c25-19-5-8-22-21(14-19)24(29)18(15-30-22)2-1-11-27-12-9-17(10-13-27)23(28)16-3-6-20(26)7-4-16/h3-8,14-15,17H,1-2,9-13H2. The van der Waals surface area contributed by atoms with Crippen LogP contribution in [0.15, 0.2) is 57.9 Å². The number of piperidine rings is 1. The van der Waals surface area contributed by atoms with Gasteiger partial charge in [0.25, 0.3) is 0 Å². The highest BCUT2D eigenvalue weighted by atomic mass is 35.5. The lowest BCUT2D eigenvalue weighted by Crippen LogP contribution is -2.37. The van der Waals surface area contributed by atoms with E-state index in [0.29, 0.717) is 33.5 Å². The van der Waals surface area contributed by atoms with Gasteiger partial charge in [0.15, 0.2) is 11.2 Å². The molecule has 30 heavy (non-hydrogen) atoms. The molecule has 0 unspecified atom stereocenters. The fourth-order valence-corrected chi connectivity index (χ4v) is 4.25. The maximum atomic E-state index is 13.1. The Bertz CT molecular complexity index is 1100. The van der Waals surface area contributed by atoms with E-state index in [2.05, 4.69) is 4.90 Å². The summed E-state index contributed by atoms with van der Waals surface area (Å²) in [5, 5.41) is 1.03. The van der Waals surface area contributed by atoms with Gasteiger partial charge in [-0.25, -0.2) is 4.39 Å². The van der Waals surface area contributed by atoms with E-state index in [1.54, 1.807) is 36.6 Å². The fourth-order valence-electron chi connectivity index (χ4n) is 4.08. The van der Waals surface area contributed by atoms with Gasteiger partial charge in [-0.15, -0.1) is 0 Å². The highest BCUT2D eigenvalue weighted by Crippen LogP contribution is 2.22. The summed E-state index contributed by atoms with van der Waals surface area (Å²) in [6, 6.07) is 10.9. The Labute approximate surface area is 179 Å². The Hall–Kier alpha value is -2.50. The van der Waals surface area contributed by atoms with Crippen LogP contribution in [-0.2, 0) is 6.42 Å². The van der Waals surface area contributed by atoms with Gasteiger partial charge >= 0.3 is 0 Å². The molecule has 2 aromatic carbocycles. The van der Waals surface area contributed by atoms with Crippen molar-refractivity contribution in [1.82, 2.24) is 4.90 Å². The summed E-state index contributed by atoms with van der Waals surface area (Å²) >= 11 is 6.00. The van der Waals surface area contributed by atoms with E-state index in [1.165, 1.54) is 12.1 Å². The number of aryl methyl sites for hydroxylation is 1. The molecule has 1 saturated heterocycles. The van der Waals surface area contributed by atoms with E-state index < -0.39 is 0 Å². The number of carbonyl (C=O) groups is 1. The highest BCUT2D eigenvalue weighted by molar-refractivity contribution is 6.31. The molecular formula is C24H23ClFNO3. The van der Waals surface area contributed by atoms with E-state index in [0.717, 1.165) is 38.9 Å². The number of hydrogen-bond acceptors (Lipinski definition) is 4. The first-order valence-corrected chi connectivity index (χ1v) is 10.6. The first-order valence-electron chi connectivity index (χ1n) is 10.2. The number of hydrogen-bond donors (Lipinski definition) is 0. The van der Waals surface area contributed by atoms with Crippen LogP contribution in [0, 0.1) is 11.7 Å². The number of benzene rings is 2. The second-order valence-electron chi connectivity index (χ2n) is 7.82. The third kappa shape index (κ3) is 4.63. The van der Waals surface area contributed by atoms with Crippen LogP contribution >= 0.6 is 11.6 Å². The molecule has 0 aliphatic carbocycles. The van der Waals surface area contributed by atoms with Gasteiger partial charge in [0.2, 0.25) is 0 Å². The summed E-state index contributed by atoms with van der Waals surface area (Å²) in [5.41, 5.74) is 1.76. The molecule has 2 heterocycles. The first-order chi connectivity index (χ1) is 14.5. The van der Waals surface area contributed by atoms with Gasteiger partial charge in [0.05, 0.1) is 11.6 Å². The number of halogens is 2. The monoisotopic (exact) mass is 427 g/mol. The molecule has 0 amide bonds. The Kier molecular flexibility index (Phi) is 6.30. The van der Waals surface area contributed by atoms with Crippen molar-refractivity contribution in [3.8, 4) is 0 Å². The molecule has 1 aliphatic heterocycles. The van der Waals surface area contributed by atoms with Crippen molar-refractivity contribution in [1.29, 1.82) is 0 Å². The molecule has 0 bridgehead atoms. The number of rotatable bonds is 6. The van der Waals surface area contributed by atoms with Gasteiger partial charge in [-0.2, -0.15) is 0 Å². The SMILES string of the molecule is O=C(c1ccc(F)cc1)C1CCN(CCCc2coc3ccc(Cl)cc3c2=O)CC1. The predicted molar refractivity (Wildman–Crippen MR) is 116 cm³/mol. The maximum Gasteiger partial charge on any atom is 0.195 e. The van der Waals surface area contributed by atoms with Crippen LogP contribution in [0.2, 0.25) is 5.02 Å². The molecule has 4 rings (SSSR count). The van der Waals surface area contributed by atoms with E-state index in [9.17, 15) is 14.0 Å². The Morgan fingerprint density at radius 3 is 2.60 bits per heavy atom. The van der Waals surface area contributed by atoms with Crippen molar-refractivity contribution in [3.63, 3.8) is 0 Å². The van der Waals surface area contributed by atoms with Gasteiger partial charge < -0.3 is 9.32 Å². The molecule has 0 N–H and O–H groups in total. The number of carbonyl (C=O) groups excluding carboxylic acids is 1. The van der Waals surface area contributed by atoms with Crippen LogP contribution in [0.4, 0.5) is 4.39 Å². The van der Waals surface area contributed by atoms with Crippen molar-refractivity contribution >= 4 is 28.4 Å². The average molecular weight is 428 g/mol. The van der Waals surface area contributed by atoms with Crippen LogP contribution in [0.25, 0.3) is 11.0 Å². The minimum Gasteiger partial charge on any atom is -0.464 e. The van der Waals surface area contributed by atoms with Crippen LogP contribution in [0.5, 0.6) is 0 Å². The molecule has 1 fully saturated rings. The molecule has 0 saturated carbocycles. The van der Waals surface area contributed by atoms with E-state index >= 15 is 0 Å². The Balaban J connectivity index is 1.29. The Morgan fingerprint density at radius 1 is 1.13 bits per heavy atom. The smallest absolute Gasteiger partial charge is 0.195 e. The molecule has 3 aromatic rings. The van der Waals surface area contributed by atoms with Crippen LogP contribution in [0.3, 0.4) is 0 Å². The van der Waals surface area contributed by atoms with Crippen molar-refractivity contribution < 1.29 is 13.6 Å². The minimum atomic E-state index is -0.329. The number of fused-ring (bicyclic) bond motifs is 1. The predicted octanol–water partition coefficient (Wildman–Crippen LogP) is 5.11. The van der Waals surface area contributed by atoms with E-state index in [4.69, 9.17) is 16.0 Å².